The first kappa shape index (κ1) is 53.0. The van der Waals surface area contributed by atoms with E-state index in [0.717, 1.165) is 48.0 Å². The Balaban J connectivity index is -0.000000610. The van der Waals surface area contributed by atoms with Gasteiger partial charge in [-0.05, 0) is 128 Å². The minimum atomic E-state index is -0.194. The smallest absolute Gasteiger partial charge is 0.373 e. The van der Waals surface area contributed by atoms with Crippen molar-refractivity contribution < 1.29 is 28.7 Å². The van der Waals surface area contributed by atoms with Crippen LogP contribution in [0.15, 0.2) is 45.1 Å². The maximum atomic E-state index is 11.6. The van der Waals surface area contributed by atoms with E-state index in [9.17, 15) is 14.4 Å². The van der Waals surface area contributed by atoms with E-state index < -0.39 is 0 Å². The van der Waals surface area contributed by atoms with Crippen LogP contribution < -0.4 is 10.6 Å². The van der Waals surface area contributed by atoms with Crippen LogP contribution in [-0.4, -0.2) is 77.4 Å². The first-order chi connectivity index (χ1) is 24.0. The predicted octanol–water partition coefficient (Wildman–Crippen LogP) is 8.51. The normalized spacial score (nSPS) is 14.2. The van der Waals surface area contributed by atoms with E-state index in [0.29, 0.717) is 48.3 Å². The predicted molar refractivity (Wildman–Crippen MR) is 214 cm³/mol. The molecule has 0 aliphatic carbocycles. The second-order valence-corrected chi connectivity index (χ2v) is 14.7. The molecule has 10 nitrogen and oxygen atoms in total. The van der Waals surface area contributed by atoms with Gasteiger partial charge in [-0.1, -0.05) is 27.7 Å². The number of nitrogens with one attached hydrogen (secondary N) is 2. The van der Waals surface area contributed by atoms with Crippen LogP contribution in [-0.2, 0) is 28.7 Å². The average Bonchev–Trinajstić information content (AvgIpc) is 3.00. The second-order valence-electron chi connectivity index (χ2n) is 14.7. The van der Waals surface area contributed by atoms with E-state index in [-0.39, 0.29) is 23.7 Å². The molecule has 0 radical (unpaired) electrons. The Hall–Kier alpha value is -3.33. The fourth-order valence-electron chi connectivity index (χ4n) is 6.17. The van der Waals surface area contributed by atoms with Crippen LogP contribution >= 0.6 is 0 Å². The molecule has 2 aliphatic rings. The van der Waals surface area contributed by atoms with Gasteiger partial charge in [-0.25, -0.2) is 4.79 Å². The van der Waals surface area contributed by atoms with Crippen molar-refractivity contribution in [2.24, 2.45) is 5.92 Å². The molecule has 0 aromatic heterocycles. The molecule has 2 heterocycles. The number of ketones is 2. The number of dihydropyridines is 2. The topological polar surface area (TPSA) is 125 Å². The van der Waals surface area contributed by atoms with Gasteiger partial charge in [0.05, 0.1) is 12.2 Å². The van der Waals surface area contributed by atoms with Crippen LogP contribution in [0.1, 0.15) is 151 Å². The Morgan fingerprint density at radius 1 is 0.635 bits per heavy atom. The van der Waals surface area contributed by atoms with Gasteiger partial charge < -0.3 is 15.4 Å². The zero-order chi connectivity index (χ0) is 41.5. The number of hydrogen-bond acceptors (Lipinski definition) is 10. The number of carbonyl (C=O) groups excluding carboxylic acids is 5. The molecule has 0 unspecified atom stereocenters. The zero-order valence-electron chi connectivity index (χ0n) is 36.5. The maximum absolute atomic E-state index is 11.6. The summed E-state index contributed by atoms with van der Waals surface area (Å²) in [6.45, 7) is 42.3. The average molecular weight is 733 g/mol. The molecule has 0 aromatic rings. The van der Waals surface area contributed by atoms with Crippen molar-refractivity contribution in [3.05, 3.63) is 45.1 Å². The summed E-state index contributed by atoms with van der Waals surface area (Å²) in [5.74, 6) is 0.642. The minimum absolute atomic E-state index is 0.0289. The molecule has 0 aromatic carbocycles. The lowest BCUT2D eigenvalue weighted by atomic mass is 9.94. The Bertz CT molecular complexity index is 1230. The number of ether oxygens (including phenoxy) is 1. The van der Waals surface area contributed by atoms with Gasteiger partial charge in [-0.15, -0.1) is 0 Å². The van der Waals surface area contributed by atoms with E-state index in [1.807, 2.05) is 34.6 Å². The first-order valence-electron chi connectivity index (χ1n) is 19.0. The lowest BCUT2D eigenvalue weighted by Gasteiger charge is -2.31. The SMILES string of the molecule is CC(=O)C1=C(C)NC(C)=C(C(C)=O)C1.CC(C)CN(C(C)C)C(C)C.CCN(C(C)C)C(C)C.CCOC(=O)C1=C(C)NC(C)=C(CC)C1.O=C=O. The molecule has 2 rings (SSSR count). The summed E-state index contributed by atoms with van der Waals surface area (Å²) in [7, 11) is 0. The van der Waals surface area contributed by atoms with Crippen molar-refractivity contribution in [3.8, 4) is 0 Å². The van der Waals surface area contributed by atoms with E-state index in [2.05, 4.69) is 104 Å². The molecule has 0 amide bonds. The monoisotopic (exact) mass is 733 g/mol. The molecule has 300 valence electrons. The third-order valence-corrected chi connectivity index (χ3v) is 8.77. The summed E-state index contributed by atoms with van der Waals surface area (Å²) in [5.41, 5.74) is 7.27. The molecule has 0 saturated carbocycles. The Morgan fingerprint density at radius 2 is 1.00 bits per heavy atom. The van der Waals surface area contributed by atoms with Gasteiger partial charge in [-0.2, -0.15) is 9.59 Å². The van der Waals surface area contributed by atoms with E-state index >= 15 is 0 Å². The first-order valence-corrected chi connectivity index (χ1v) is 19.0. The molecule has 0 saturated heterocycles. The van der Waals surface area contributed by atoms with Gasteiger partial charge in [0.15, 0.2) is 11.6 Å². The lowest BCUT2D eigenvalue weighted by Crippen LogP contribution is -2.39. The second kappa shape index (κ2) is 28.2. The third kappa shape index (κ3) is 21.3. The number of esters is 1. The Morgan fingerprint density at radius 3 is 1.25 bits per heavy atom. The summed E-state index contributed by atoms with van der Waals surface area (Å²) >= 11 is 0. The summed E-state index contributed by atoms with van der Waals surface area (Å²) in [4.78, 5) is 55.4. The van der Waals surface area contributed by atoms with Crippen molar-refractivity contribution in [2.45, 2.75) is 175 Å². The number of Topliss-reactive ketones (excluding diaryl/α,β-unsaturated/α-hetero) is 2. The zero-order valence-corrected chi connectivity index (χ0v) is 36.5. The largest absolute Gasteiger partial charge is 0.463 e. The fraction of sp³-hybridized carbons (Fsp3) is 0.714. The van der Waals surface area contributed by atoms with Crippen LogP contribution in [0.2, 0.25) is 0 Å². The van der Waals surface area contributed by atoms with Crippen LogP contribution in [0.5, 0.6) is 0 Å². The van der Waals surface area contributed by atoms with Crippen molar-refractivity contribution in [1.82, 2.24) is 20.4 Å². The maximum Gasteiger partial charge on any atom is 0.373 e. The molecule has 0 spiro atoms. The Kier molecular flexibility index (Phi) is 28.8. The standard InChI is InChI=1S/C12H19NO2.C11H15NO2.C10H23N.C8H19N.CO2/c1-5-10-7-11(12(14)15-6-2)9(4)13-8(10)3;1-6-10(8(3)13)5-11(9(4)14)7(2)12-6;1-8(2)7-11(9(3)4)10(5)6;1-6-9(7(2)3)8(4)5;2-1-3/h13H,5-7H2,1-4H3;12H,5H2,1-4H3;8-10H,7H2,1-6H3;7-8H,6H2,1-5H3;. The highest BCUT2D eigenvalue weighted by Crippen LogP contribution is 2.26. The van der Waals surface area contributed by atoms with Crippen LogP contribution in [0.25, 0.3) is 0 Å². The fourth-order valence-corrected chi connectivity index (χ4v) is 6.17. The van der Waals surface area contributed by atoms with E-state index in [4.69, 9.17) is 14.3 Å². The summed E-state index contributed by atoms with van der Waals surface area (Å²) in [5, 5.41) is 6.29. The van der Waals surface area contributed by atoms with Crippen LogP contribution in [0, 0.1) is 5.92 Å². The third-order valence-electron chi connectivity index (χ3n) is 8.77. The molecule has 2 aliphatic heterocycles. The van der Waals surface area contributed by atoms with E-state index in [1.165, 1.54) is 31.7 Å². The number of rotatable bonds is 12. The van der Waals surface area contributed by atoms with Crippen molar-refractivity contribution in [3.63, 3.8) is 0 Å². The highest BCUT2D eigenvalue weighted by molar-refractivity contribution is 6.00. The van der Waals surface area contributed by atoms with Crippen LogP contribution in [0.3, 0.4) is 0 Å². The minimum Gasteiger partial charge on any atom is -0.463 e. The molecule has 0 bridgehead atoms. The van der Waals surface area contributed by atoms with Crippen molar-refractivity contribution in [2.75, 3.05) is 19.7 Å². The van der Waals surface area contributed by atoms with Gasteiger partial charge in [0, 0.05) is 77.5 Å². The number of nitrogens with zero attached hydrogens (tertiary/aromatic N) is 2. The van der Waals surface area contributed by atoms with Gasteiger partial charge >= 0.3 is 12.1 Å². The lowest BCUT2D eigenvalue weighted by molar-refractivity contribution is -0.191. The summed E-state index contributed by atoms with van der Waals surface area (Å²) in [6, 6.07) is 2.74. The van der Waals surface area contributed by atoms with E-state index in [1.54, 1.807) is 0 Å². The highest BCUT2D eigenvalue weighted by Gasteiger charge is 2.22. The quantitative estimate of drug-likeness (QED) is 0.189. The van der Waals surface area contributed by atoms with Gasteiger partial charge in [-0.3, -0.25) is 19.4 Å². The number of carbonyl (C=O) groups is 3. The Labute approximate surface area is 317 Å². The van der Waals surface area contributed by atoms with Crippen LogP contribution in [0.4, 0.5) is 0 Å². The molecule has 0 atom stereocenters. The summed E-state index contributed by atoms with van der Waals surface area (Å²) in [6.07, 6.45) is 2.41. The van der Waals surface area contributed by atoms with Crippen molar-refractivity contribution in [1.29, 1.82) is 0 Å². The molecular formula is C42H76N4O6. The van der Waals surface area contributed by atoms with Gasteiger partial charge in [0.2, 0.25) is 0 Å². The number of hydrogen-bond donors (Lipinski definition) is 2. The molecule has 52 heavy (non-hydrogen) atoms. The molecule has 2 N–H and O–H groups in total. The molecule has 10 heteroatoms. The van der Waals surface area contributed by atoms with Gasteiger partial charge in [0.25, 0.3) is 0 Å². The summed E-state index contributed by atoms with van der Waals surface area (Å²) < 4.78 is 5.02. The highest BCUT2D eigenvalue weighted by atomic mass is 16.5. The van der Waals surface area contributed by atoms with Gasteiger partial charge in [0.1, 0.15) is 0 Å². The van der Waals surface area contributed by atoms with Crippen molar-refractivity contribution >= 4 is 23.7 Å². The molecular weight excluding hydrogens is 656 g/mol. The number of allylic oxidation sites excluding steroid dienone is 7. The molecule has 0 fully saturated rings.